The van der Waals surface area contributed by atoms with Crippen molar-refractivity contribution in [3.05, 3.63) is 47.9 Å². The second kappa shape index (κ2) is 9.66. The zero-order chi connectivity index (χ0) is 25.4. The van der Waals surface area contributed by atoms with Gasteiger partial charge in [-0.3, -0.25) is 4.79 Å². The molecule has 1 fully saturated rings. The molecule has 0 spiro atoms. The first kappa shape index (κ1) is 23.9. The van der Waals surface area contributed by atoms with Gasteiger partial charge in [-0.2, -0.15) is 0 Å². The van der Waals surface area contributed by atoms with Crippen LogP contribution in [-0.4, -0.2) is 64.5 Å². The Morgan fingerprint density at radius 3 is 2.47 bits per heavy atom. The Kier molecular flexibility index (Phi) is 6.40. The van der Waals surface area contributed by atoms with Crippen molar-refractivity contribution in [1.82, 2.24) is 20.1 Å². The topological polar surface area (TPSA) is 114 Å². The smallest absolute Gasteiger partial charge is 0.311 e. The van der Waals surface area contributed by atoms with Crippen LogP contribution in [-0.2, 0) is 0 Å². The highest BCUT2D eigenvalue weighted by molar-refractivity contribution is 5.94. The number of ether oxygens (including phenoxy) is 2. The minimum Gasteiger partial charge on any atom is -0.493 e. The molecule has 5 rings (SSSR count). The first-order chi connectivity index (χ1) is 17.4. The number of nitrogens with one attached hydrogen (secondary N) is 1. The number of carbonyl (C=O) groups excluding carboxylic acids is 1. The minimum absolute atomic E-state index is 0.0364. The summed E-state index contributed by atoms with van der Waals surface area (Å²) < 4.78 is 16.7. The third kappa shape index (κ3) is 4.30. The van der Waals surface area contributed by atoms with E-state index in [-0.39, 0.29) is 23.8 Å². The highest BCUT2D eigenvalue weighted by Gasteiger charge is 2.27. The zero-order valence-electron chi connectivity index (χ0n) is 20.9. The average molecular weight is 491 g/mol. The molecule has 2 aromatic heterocycles. The number of hydrogen-bond donors (Lipinski definition) is 2. The Bertz CT molecular complexity index is 1400. The number of rotatable bonds is 6. The molecule has 0 aliphatic carbocycles. The number of benzene rings is 2. The molecule has 36 heavy (non-hydrogen) atoms. The van der Waals surface area contributed by atoms with Crippen LogP contribution in [0, 0.1) is 0 Å². The standard InChI is InChI=1S/C27H30N4O5/c1-15(2)23-19-13-17(25-29-30-26(36-25)27(33)31-11-9-18(32)10-12-31)5-7-20(19)28-24(23)16-6-8-21(34-3)22(14-16)35-4/h5-8,13-15,18,28,32H,9-12H2,1-4H3. The lowest BCUT2D eigenvalue weighted by atomic mass is 9.95. The molecule has 0 atom stereocenters. The summed E-state index contributed by atoms with van der Waals surface area (Å²) in [5, 5.41) is 18.9. The van der Waals surface area contributed by atoms with Crippen LogP contribution in [0.4, 0.5) is 0 Å². The average Bonchev–Trinajstić information content (AvgIpc) is 3.53. The number of H-pyrrole nitrogens is 1. The normalized spacial score (nSPS) is 14.6. The number of piperidine rings is 1. The van der Waals surface area contributed by atoms with Gasteiger partial charge in [0.25, 0.3) is 0 Å². The van der Waals surface area contributed by atoms with Crippen molar-refractivity contribution in [2.24, 2.45) is 0 Å². The van der Waals surface area contributed by atoms with Crippen molar-refractivity contribution in [2.75, 3.05) is 27.3 Å². The van der Waals surface area contributed by atoms with Crippen molar-refractivity contribution >= 4 is 16.8 Å². The SMILES string of the molecule is COc1ccc(-c2[nH]c3ccc(-c4nnc(C(=O)N5CCC(O)CC5)o4)cc3c2C(C)C)cc1OC. The van der Waals surface area contributed by atoms with Crippen molar-refractivity contribution in [3.8, 4) is 34.2 Å². The van der Waals surface area contributed by atoms with Crippen molar-refractivity contribution in [3.63, 3.8) is 0 Å². The van der Waals surface area contributed by atoms with Crippen LogP contribution in [0.1, 0.15) is 48.9 Å². The number of methoxy groups -OCH3 is 2. The van der Waals surface area contributed by atoms with E-state index in [4.69, 9.17) is 13.9 Å². The van der Waals surface area contributed by atoms with E-state index >= 15 is 0 Å². The molecule has 1 saturated heterocycles. The third-order valence-electron chi connectivity index (χ3n) is 6.69. The molecule has 0 bridgehead atoms. The summed E-state index contributed by atoms with van der Waals surface area (Å²) in [7, 11) is 3.25. The fraction of sp³-hybridized carbons (Fsp3) is 0.370. The molecule has 9 nitrogen and oxygen atoms in total. The molecule has 0 radical (unpaired) electrons. The van der Waals surface area contributed by atoms with Crippen molar-refractivity contribution < 1.29 is 23.8 Å². The number of fused-ring (bicyclic) bond motifs is 1. The second-order valence-electron chi connectivity index (χ2n) is 9.33. The molecule has 0 saturated carbocycles. The number of aromatic nitrogens is 3. The molecule has 3 heterocycles. The molecule has 188 valence electrons. The highest BCUT2D eigenvalue weighted by Crippen LogP contribution is 2.40. The maximum Gasteiger partial charge on any atom is 0.311 e. The van der Waals surface area contributed by atoms with Gasteiger partial charge in [0.05, 0.1) is 26.0 Å². The van der Waals surface area contributed by atoms with Crippen LogP contribution in [0.25, 0.3) is 33.6 Å². The van der Waals surface area contributed by atoms with Gasteiger partial charge in [0.1, 0.15) is 0 Å². The van der Waals surface area contributed by atoms with E-state index in [1.54, 1.807) is 19.1 Å². The quantitative estimate of drug-likeness (QED) is 0.405. The van der Waals surface area contributed by atoms with E-state index in [1.165, 1.54) is 0 Å². The van der Waals surface area contributed by atoms with Gasteiger partial charge < -0.3 is 28.9 Å². The third-order valence-corrected chi connectivity index (χ3v) is 6.69. The van der Waals surface area contributed by atoms with Gasteiger partial charge in [-0.05, 0) is 60.7 Å². The number of carbonyl (C=O) groups is 1. The number of nitrogens with zero attached hydrogens (tertiary/aromatic N) is 3. The van der Waals surface area contributed by atoms with Gasteiger partial charge in [0, 0.05) is 35.1 Å². The van der Waals surface area contributed by atoms with E-state index in [9.17, 15) is 9.90 Å². The second-order valence-corrected chi connectivity index (χ2v) is 9.33. The van der Waals surface area contributed by atoms with Gasteiger partial charge in [0.15, 0.2) is 11.5 Å². The fourth-order valence-electron chi connectivity index (χ4n) is 4.80. The molecule has 4 aromatic rings. The summed E-state index contributed by atoms with van der Waals surface area (Å²) in [5.74, 6) is 1.52. The lowest BCUT2D eigenvalue weighted by molar-refractivity contribution is 0.0513. The van der Waals surface area contributed by atoms with Crippen molar-refractivity contribution in [1.29, 1.82) is 0 Å². The van der Waals surface area contributed by atoms with Crippen molar-refractivity contribution in [2.45, 2.75) is 38.7 Å². The molecule has 2 N–H and O–H groups in total. The van der Waals surface area contributed by atoms with Gasteiger partial charge in [0.2, 0.25) is 5.89 Å². The summed E-state index contributed by atoms with van der Waals surface area (Å²) in [4.78, 5) is 18.0. The Morgan fingerprint density at radius 1 is 1.06 bits per heavy atom. The Hall–Kier alpha value is -3.85. The van der Waals surface area contributed by atoms with Crippen LogP contribution in [0.3, 0.4) is 0 Å². The minimum atomic E-state index is -0.362. The summed E-state index contributed by atoms with van der Waals surface area (Å²) >= 11 is 0. The number of hydrogen-bond acceptors (Lipinski definition) is 7. The van der Waals surface area contributed by atoms with Crippen LogP contribution in [0.15, 0.2) is 40.8 Å². The zero-order valence-corrected chi connectivity index (χ0v) is 20.9. The first-order valence-corrected chi connectivity index (χ1v) is 12.1. The molecule has 2 aromatic carbocycles. The predicted octanol–water partition coefficient (Wildman–Crippen LogP) is 4.62. The van der Waals surface area contributed by atoms with Gasteiger partial charge in [-0.25, -0.2) is 0 Å². The summed E-state index contributed by atoms with van der Waals surface area (Å²) in [6.07, 6.45) is 0.744. The first-order valence-electron chi connectivity index (χ1n) is 12.1. The van der Waals surface area contributed by atoms with E-state index in [1.807, 2.05) is 36.4 Å². The predicted molar refractivity (Wildman–Crippen MR) is 135 cm³/mol. The van der Waals surface area contributed by atoms with E-state index in [0.717, 1.165) is 33.3 Å². The monoisotopic (exact) mass is 490 g/mol. The summed E-state index contributed by atoms with van der Waals surface area (Å²) in [6, 6.07) is 11.8. The Balaban J connectivity index is 1.50. The van der Waals surface area contributed by atoms with Crippen LogP contribution < -0.4 is 9.47 Å². The van der Waals surface area contributed by atoms with E-state index < -0.39 is 0 Å². The molecular formula is C27H30N4O5. The lowest BCUT2D eigenvalue weighted by Gasteiger charge is -2.28. The van der Waals surface area contributed by atoms with E-state index in [0.29, 0.717) is 43.3 Å². The molecule has 0 unspecified atom stereocenters. The van der Waals surface area contributed by atoms with Crippen LogP contribution >= 0.6 is 0 Å². The lowest BCUT2D eigenvalue weighted by Crippen LogP contribution is -2.40. The molecule has 1 aliphatic rings. The number of aliphatic hydroxyl groups is 1. The fourth-order valence-corrected chi connectivity index (χ4v) is 4.80. The van der Waals surface area contributed by atoms with Crippen LogP contribution in [0.2, 0.25) is 0 Å². The molecule has 1 aliphatic heterocycles. The number of aliphatic hydroxyl groups excluding tert-OH is 1. The Morgan fingerprint density at radius 2 is 1.78 bits per heavy atom. The number of likely N-dealkylation sites (tertiary alicyclic amines) is 1. The molecule has 1 amide bonds. The van der Waals surface area contributed by atoms with E-state index in [2.05, 4.69) is 29.0 Å². The molecule has 9 heteroatoms. The van der Waals surface area contributed by atoms with Crippen LogP contribution in [0.5, 0.6) is 11.5 Å². The van der Waals surface area contributed by atoms with Gasteiger partial charge in [-0.15, -0.1) is 10.2 Å². The Labute approximate surface area is 209 Å². The molecular weight excluding hydrogens is 460 g/mol. The maximum absolute atomic E-state index is 12.8. The van der Waals surface area contributed by atoms with Gasteiger partial charge in [-0.1, -0.05) is 13.8 Å². The van der Waals surface area contributed by atoms with Gasteiger partial charge >= 0.3 is 11.8 Å². The summed E-state index contributed by atoms with van der Waals surface area (Å²) in [5.41, 5.74) is 4.87. The number of aromatic amines is 1. The maximum atomic E-state index is 12.8. The number of amides is 1. The highest BCUT2D eigenvalue weighted by atomic mass is 16.5. The largest absolute Gasteiger partial charge is 0.493 e. The summed E-state index contributed by atoms with van der Waals surface area (Å²) in [6.45, 7) is 5.25.